The van der Waals surface area contributed by atoms with Gasteiger partial charge in [-0.2, -0.15) is 10.1 Å². The van der Waals surface area contributed by atoms with Gasteiger partial charge in [-0.15, -0.1) is 0 Å². The van der Waals surface area contributed by atoms with Crippen LogP contribution in [0.4, 0.5) is 11.4 Å². The fraction of sp³-hybridized carbons (Fsp3) is 0.360. The summed E-state index contributed by atoms with van der Waals surface area (Å²) >= 11 is 0. The van der Waals surface area contributed by atoms with Gasteiger partial charge in [0.2, 0.25) is 0 Å². The molecule has 0 spiro atoms. The molecule has 0 saturated heterocycles. The maximum Gasteiger partial charge on any atom is 0.280 e. The Balaban J connectivity index is 1.74. The van der Waals surface area contributed by atoms with Crippen LogP contribution in [-0.2, 0) is 4.79 Å². The van der Waals surface area contributed by atoms with Gasteiger partial charge in [-0.1, -0.05) is 25.1 Å². The number of carbonyl (C=O) groups excluding carboxylic acids is 1. The minimum absolute atomic E-state index is 0.0721. The Kier molecular flexibility index (Phi) is 4.60. The fourth-order valence-electron chi connectivity index (χ4n) is 4.47. The van der Waals surface area contributed by atoms with Crippen molar-refractivity contribution in [3.8, 4) is 0 Å². The first-order valence-electron chi connectivity index (χ1n) is 10.2. The van der Waals surface area contributed by atoms with Crippen molar-refractivity contribution in [2.24, 2.45) is 5.10 Å². The molecule has 0 aromatic heterocycles. The van der Waals surface area contributed by atoms with Crippen LogP contribution in [0.15, 0.2) is 53.1 Å². The molecule has 0 unspecified atom stereocenters. The van der Waals surface area contributed by atoms with Crippen LogP contribution in [0.5, 0.6) is 0 Å². The first kappa shape index (κ1) is 19.4. The zero-order valence-corrected chi connectivity index (χ0v) is 18.2. The van der Waals surface area contributed by atoms with Gasteiger partial charge in [-0.25, -0.2) is 0 Å². The average Bonchev–Trinajstić information content (AvgIpc) is 2.96. The second-order valence-corrected chi connectivity index (χ2v) is 8.94. The molecule has 4 nitrogen and oxygen atoms in total. The Morgan fingerprint density at radius 1 is 1.14 bits per heavy atom. The highest BCUT2D eigenvalue weighted by Gasteiger charge is 2.35. The lowest BCUT2D eigenvalue weighted by Gasteiger charge is -2.45. The van der Waals surface area contributed by atoms with Crippen molar-refractivity contribution in [3.63, 3.8) is 0 Å². The number of hydrogen-bond acceptors (Lipinski definition) is 3. The first-order chi connectivity index (χ1) is 13.7. The maximum absolute atomic E-state index is 13.1. The van der Waals surface area contributed by atoms with E-state index < -0.39 is 0 Å². The van der Waals surface area contributed by atoms with Crippen LogP contribution in [0.25, 0.3) is 6.08 Å². The molecule has 2 aromatic rings. The number of aryl methyl sites for hydroxylation is 1. The fourth-order valence-corrected chi connectivity index (χ4v) is 4.47. The average molecular weight is 388 g/mol. The van der Waals surface area contributed by atoms with Crippen molar-refractivity contribution in [1.29, 1.82) is 0 Å². The summed E-state index contributed by atoms with van der Waals surface area (Å²) in [4.78, 5) is 15.4. The van der Waals surface area contributed by atoms with Crippen molar-refractivity contribution in [1.82, 2.24) is 0 Å². The van der Waals surface area contributed by atoms with E-state index in [2.05, 4.69) is 56.9 Å². The van der Waals surface area contributed by atoms with Crippen molar-refractivity contribution in [3.05, 3.63) is 64.7 Å². The molecule has 2 aliphatic rings. The molecule has 1 amide bonds. The van der Waals surface area contributed by atoms with E-state index in [1.165, 1.54) is 21.8 Å². The quantitative estimate of drug-likeness (QED) is 0.636. The molecule has 0 N–H and O–H groups in total. The SMILES string of the molecule is CC1=NN(c2ccccc2)C(=O)/C1=C/c1cc2c(cc1C)N(C)C(C)(C)C[C@H]2C. The molecule has 0 aliphatic carbocycles. The third-order valence-corrected chi connectivity index (χ3v) is 6.38. The highest BCUT2D eigenvalue weighted by Crippen LogP contribution is 2.43. The van der Waals surface area contributed by atoms with Gasteiger partial charge in [0.15, 0.2) is 0 Å². The van der Waals surface area contributed by atoms with Gasteiger partial charge < -0.3 is 4.90 Å². The molecule has 0 saturated carbocycles. The third-order valence-electron chi connectivity index (χ3n) is 6.38. The molecule has 2 aromatic carbocycles. The van der Waals surface area contributed by atoms with Crippen LogP contribution < -0.4 is 9.91 Å². The molecule has 2 heterocycles. The van der Waals surface area contributed by atoms with Gasteiger partial charge in [-0.3, -0.25) is 4.79 Å². The van der Waals surface area contributed by atoms with Crippen LogP contribution in [0.3, 0.4) is 0 Å². The summed E-state index contributed by atoms with van der Waals surface area (Å²) in [7, 11) is 2.18. The first-order valence-corrected chi connectivity index (χ1v) is 10.2. The van der Waals surface area contributed by atoms with Crippen LogP contribution in [-0.4, -0.2) is 24.2 Å². The predicted molar refractivity (Wildman–Crippen MR) is 122 cm³/mol. The minimum Gasteiger partial charge on any atom is -0.369 e. The Labute approximate surface area is 173 Å². The summed E-state index contributed by atoms with van der Waals surface area (Å²) in [5.74, 6) is 0.404. The van der Waals surface area contributed by atoms with E-state index in [0.29, 0.717) is 11.5 Å². The van der Waals surface area contributed by atoms with E-state index in [1.54, 1.807) is 0 Å². The largest absolute Gasteiger partial charge is 0.369 e. The lowest BCUT2D eigenvalue weighted by Crippen LogP contribution is -2.45. The summed E-state index contributed by atoms with van der Waals surface area (Å²) in [5.41, 5.74) is 7.26. The summed E-state index contributed by atoms with van der Waals surface area (Å²) in [6, 6.07) is 14.1. The summed E-state index contributed by atoms with van der Waals surface area (Å²) in [6.07, 6.45) is 3.11. The van der Waals surface area contributed by atoms with E-state index in [9.17, 15) is 4.79 Å². The minimum atomic E-state index is -0.0721. The van der Waals surface area contributed by atoms with Gasteiger partial charge in [0.1, 0.15) is 0 Å². The Hall–Kier alpha value is -2.88. The number of fused-ring (bicyclic) bond motifs is 1. The van der Waals surface area contributed by atoms with E-state index in [0.717, 1.165) is 23.4 Å². The summed E-state index contributed by atoms with van der Waals surface area (Å²) in [5, 5.41) is 6.00. The van der Waals surface area contributed by atoms with Gasteiger partial charge >= 0.3 is 0 Å². The third kappa shape index (κ3) is 3.27. The van der Waals surface area contributed by atoms with E-state index in [4.69, 9.17) is 0 Å². The molecule has 150 valence electrons. The highest BCUT2D eigenvalue weighted by atomic mass is 16.2. The number of rotatable bonds is 2. The van der Waals surface area contributed by atoms with E-state index in [1.807, 2.05) is 43.3 Å². The lowest BCUT2D eigenvalue weighted by molar-refractivity contribution is -0.114. The van der Waals surface area contributed by atoms with E-state index >= 15 is 0 Å². The zero-order valence-electron chi connectivity index (χ0n) is 18.2. The van der Waals surface area contributed by atoms with Gasteiger partial charge in [-0.05, 0) is 87.1 Å². The van der Waals surface area contributed by atoms with Crippen LogP contribution in [0.1, 0.15) is 56.7 Å². The number of hydrogen-bond donors (Lipinski definition) is 0. The molecular weight excluding hydrogens is 358 g/mol. The standard InChI is InChI=1S/C25H29N3O/c1-16-12-23-21(17(2)15-25(4,5)27(23)6)13-19(16)14-22-18(3)26-28(24(22)29)20-10-8-7-9-11-20/h7-14,17H,15H2,1-6H3/b22-14+/t17-/m1/s1. The predicted octanol–water partition coefficient (Wildman–Crippen LogP) is 5.52. The normalized spacial score (nSPS) is 22.1. The molecule has 29 heavy (non-hydrogen) atoms. The number of anilines is 2. The zero-order chi connectivity index (χ0) is 20.9. The van der Waals surface area contributed by atoms with Crippen molar-refractivity contribution in [2.45, 2.75) is 52.5 Å². The van der Waals surface area contributed by atoms with Crippen LogP contribution >= 0.6 is 0 Å². The van der Waals surface area contributed by atoms with Gasteiger partial charge in [0, 0.05) is 18.3 Å². The topological polar surface area (TPSA) is 35.9 Å². The Morgan fingerprint density at radius 3 is 2.52 bits per heavy atom. The highest BCUT2D eigenvalue weighted by molar-refractivity contribution is 6.32. The molecule has 2 aliphatic heterocycles. The number of benzene rings is 2. The number of para-hydroxylation sites is 1. The monoisotopic (exact) mass is 387 g/mol. The number of carbonyl (C=O) groups is 1. The maximum atomic E-state index is 13.1. The van der Waals surface area contributed by atoms with Gasteiger partial charge in [0.25, 0.3) is 5.91 Å². The molecular formula is C25H29N3O. The van der Waals surface area contributed by atoms with Gasteiger partial charge in [0.05, 0.1) is 17.0 Å². The number of hydrazone groups is 1. The number of amides is 1. The summed E-state index contributed by atoms with van der Waals surface area (Å²) in [6.45, 7) is 10.9. The van der Waals surface area contributed by atoms with Crippen molar-refractivity contribution >= 4 is 29.1 Å². The molecule has 0 radical (unpaired) electrons. The van der Waals surface area contributed by atoms with E-state index in [-0.39, 0.29) is 11.4 Å². The lowest BCUT2D eigenvalue weighted by atomic mass is 9.79. The second-order valence-electron chi connectivity index (χ2n) is 8.94. The van der Waals surface area contributed by atoms with Crippen molar-refractivity contribution < 1.29 is 4.79 Å². The summed E-state index contributed by atoms with van der Waals surface area (Å²) < 4.78 is 0. The Morgan fingerprint density at radius 2 is 1.83 bits per heavy atom. The van der Waals surface area contributed by atoms with Crippen LogP contribution in [0, 0.1) is 6.92 Å². The number of nitrogens with zero attached hydrogens (tertiary/aromatic N) is 3. The smallest absolute Gasteiger partial charge is 0.280 e. The molecule has 1 atom stereocenters. The second kappa shape index (κ2) is 6.87. The Bertz CT molecular complexity index is 1030. The molecule has 4 heteroatoms. The van der Waals surface area contributed by atoms with Crippen molar-refractivity contribution in [2.75, 3.05) is 17.0 Å². The molecule has 0 fully saturated rings. The molecule has 4 rings (SSSR count). The molecule has 0 bridgehead atoms. The van der Waals surface area contributed by atoms with Crippen LogP contribution in [0.2, 0.25) is 0 Å².